The summed E-state index contributed by atoms with van der Waals surface area (Å²) in [5.74, 6) is 1.02. The zero-order valence-electron chi connectivity index (χ0n) is 17.7. The van der Waals surface area contributed by atoms with Crippen LogP contribution < -0.4 is 10.1 Å². The summed E-state index contributed by atoms with van der Waals surface area (Å²) in [5.41, 5.74) is 1.73. The first-order valence-electron chi connectivity index (χ1n) is 10.5. The van der Waals surface area contributed by atoms with Crippen LogP contribution in [-0.4, -0.2) is 52.9 Å². The predicted octanol–water partition coefficient (Wildman–Crippen LogP) is 3.59. The molecular formula is C23H23N5O3S. The number of aliphatic imine (C=N–C) groups is 1. The number of hydrogen-bond acceptors (Lipinski definition) is 8. The minimum atomic E-state index is -0.761. The number of amides is 1. The lowest BCUT2D eigenvalue weighted by molar-refractivity contribution is -0.122. The number of benzene rings is 2. The Morgan fingerprint density at radius 3 is 2.59 bits per heavy atom. The molecule has 0 radical (unpaired) electrons. The van der Waals surface area contributed by atoms with Gasteiger partial charge < -0.3 is 19.4 Å². The van der Waals surface area contributed by atoms with Crippen LogP contribution in [0.15, 0.2) is 64.0 Å². The molecule has 2 aromatic carbocycles. The van der Waals surface area contributed by atoms with E-state index >= 15 is 0 Å². The number of hydrogen-bond donors (Lipinski definition) is 1. The molecule has 2 aliphatic heterocycles. The summed E-state index contributed by atoms with van der Waals surface area (Å²) in [6, 6.07) is 17.3. The van der Waals surface area contributed by atoms with E-state index in [1.54, 1.807) is 7.11 Å². The second kappa shape index (κ2) is 8.76. The molecule has 164 valence electrons. The number of thioether (sulfide) groups is 1. The fourth-order valence-corrected chi connectivity index (χ4v) is 5.27. The van der Waals surface area contributed by atoms with Crippen molar-refractivity contribution in [2.24, 2.45) is 4.99 Å². The molecule has 32 heavy (non-hydrogen) atoms. The second-order valence-corrected chi connectivity index (χ2v) is 9.06. The SMILES string of the molecule is COc1ccc(-c2nnc(/N=C3\NC(=O)C(CN4CCCC4)(c4ccccc4)S3)o2)cc1. The van der Waals surface area contributed by atoms with E-state index in [0.717, 1.165) is 42.8 Å². The lowest BCUT2D eigenvalue weighted by Crippen LogP contribution is -2.43. The Morgan fingerprint density at radius 2 is 1.88 bits per heavy atom. The molecule has 2 fully saturated rings. The fourth-order valence-electron chi connectivity index (χ4n) is 4.03. The molecule has 3 heterocycles. The minimum Gasteiger partial charge on any atom is -0.497 e. The van der Waals surface area contributed by atoms with Crippen LogP contribution in [0, 0.1) is 0 Å². The number of carbonyl (C=O) groups is 1. The van der Waals surface area contributed by atoms with Gasteiger partial charge in [-0.05, 0) is 55.8 Å². The fraction of sp³-hybridized carbons (Fsp3) is 0.304. The van der Waals surface area contributed by atoms with Crippen LogP contribution >= 0.6 is 11.8 Å². The molecule has 1 N–H and O–H groups in total. The molecule has 1 unspecified atom stereocenters. The number of ether oxygens (including phenoxy) is 1. The van der Waals surface area contributed by atoms with E-state index in [9.17, 15) is 4.79 Å². The van der Waals surface area contributed by atoms with Gasteiger partial charge in [-0.3, -0.25) is 4.79 Å². The van der Waals surface area contributed by atoms with Crippen molar-refractivity contribution in [3.05, 3.63) is 60.2 Å². The second-order valence-electron chi connectivity index (χ2n) is 7.77. The third-order valence-corrected chi connectivity index (χ3v) is 6.98. The van der Waals surface area contributed by atoms with Gasteiger partial charge >= 0.3 is 6.01 Å². The van der Waals surface area contributed by atoms with Crippen molar-refractivity contribution in [1.29, 1.82) is 0 Å². The zero-order valence-corrected chi connectivity index (χ0v) is 18.5. The highest BCUT2D eigenvalue weighted by atomic mass is 32.2. The molecule has 8 nitrogen and oxygen atoms in total. The normalized spacial score (nSPS) is 22.4. The van der Waals surface area contributed by atoms with Gasteiger partial charge in [0.1, 0.15) is 10.5 Å². The number of nitrogens with zero attached hydrogens (tertiary/aromatic N) is 4. The molecule has 0 aliphatic carbocycles. The molecule has 1 amide bonds. The first-order valence-corrected chi connectivity index (χ1v) is 11.3. The first kappa shape index (κ1) is 20.7. The van der Waals surface area contributed by atoms with Crippen LogP contribution in [0.4, 0.5) is 6.01 Å². The number of likely N-dealkylation sites (tertiary alicyclic amines) is 1. The van der Waals surface area contributed by atoms with Gasteiger partial charge in [0, 0.05) is 12.1 Å². The smallest absolute Gasteiger partial charge is 0.345 e. The first-order chi connectivity index (χ1) is 15.7. The van der Waals surface area contributed by atoms with E-state index in [4.69, 9.17) is 9.15 Å². The summed E-state index contributed by atoms with van der Waals surface area (Å²) in [4.78, 5) is 20.0. The Kier molecular flexibility index (Phi) is 5.67. The lowest BCUT2D eigenvalue weighted by atomic mass is 9.96. The van der Waals surface area contributed by atoms with Crippen LogP contribution in [0.1, 0.15) is 18.4 Å². The molecule has 0 bridgehead atoms. The highest BCUT2D eigenvalue weighted by Gasteiger charge is 2.49. The molecule has 3 aromatic rings. The standard InChI is InChI=1S/C23H23N5O3S/c1-30-18-11-9-16(10-12-18)19-26-27-21(31-19)25-22-24-20(29)23(32-22,15-28-13-5-6-14-28)17-7-3-2-4-8-17/h2-4,7-12H,5-6,13-15H2,1H3,(H,24,25,27,29). The Hall–Kier alpha value is -3.17. The number of methoxy groups -OCH3 is 1. The van der Waals surface area contributed by atoms with E-state index < -0.39 is 4.75 Å². The van der Waals surface area contributed by atoms with Crippen LogP contribution in [0.25, 0.3) is 11.5 Å². The number of carbonyl (C=O) groups excluding carboxylic acids is 1. The maximum absolute atomic E-state index is 13.3. The van der Waals surface area contributed by atoms with E-state index in [0.29, 0.717) is 17.6 Å². The largest absolute Gasteiger partial charge is 0.497 e. The number of amidine groups is 1. The number of aromatic nitrogens is 2. The van der Waals surface area contributed by atoms with Crippen LogP contribution in [0.3, 0.4) is 0 Å². The topological polar surface area (TPSA) is 92.8 Å². The Balaban J connectivity index is 1.41. The third-order valence-electron chi connectivity index (χ3n) is 5.69. The van der Waals surface area contributed by atoms with Crippen LogP contribution in [0.2, 0.25) is 0 Å². The van der Waals surface area contributed by atoms with Gasteiger partial charge in [0.2, 0.25) is 11.8 Å². The molecular weight excluding hydrogens is 426 g/mol. The van der Waals surface area contributed by atoms with Gasteiger partial charge in [-0.15, -0.1) is 5.10 Å². The quantitative estimate of drug-likeness (QED) is 0.615. The van der Waals surface area contributed by atoms with Gasteiger partial charge in [-0.2, -0.15) is 4.99 Å². The van der Waals surface area contributed by atoms with Crippen molar-refractivity contribution in [2.75, 3.05) is 26.7 Å². The summed E-state index contributed by atoms with van der Waals surface area (Å²) in [6.07, 6.45) is 2.32. The summed E-state index contributed by atoms with van der Waals surface area (Å²) < 4.78 is 10.1. The highest BCUT2D eigenvalue weighted by molar-refractivity contribution is 8.16. The Bertz CT molecular complexity index is 1130. The average molecular weight is 450 g/mol. The molecule has 9 heteroatoms. The Labute approximate surface area is 190 Å². The van der Waals surface area contributed by atoms with Crippen LogP contribution in [0.5, 0.6) is 5.75 Å². The Morgan fingerprint density at radius 1 is 1.12 bits per heavy atom. The maximum Gasteiger partial charge on any atom is 0.345 e. The average Bonchev–Trinajstić information content (AvgIpc) is 3.57. The highest BCUT2D eigenvalue weighted by Crippen LogP contribution is 2.43. The van der Waals surface area contributed by atoms with Gasteiger partial charge in [0.05, 0.1) is 7.11 Å². The molecule has 5 rings (SSSR count). The van der Waals surface area contributed by atoms with Crippen molar-refractivity contribution in [1.82, 2.24) is 20.4 Å². The molecule has 0 saturated carbocycles. The van der Waals surface area contributed by atoms with E-state index in [2.05, 4.69) is 25.4 Å². The predicted molar refractivity (Wildman–Crippen MR) is 123 cm³/mol. The minimum absolute atomic E-state index is 0.0748. The van der Waals surface area contributed by atoms with Crippen molar-refractivity contribution in [2.45, 2.75) is 17.6 Å². The molecule has 1 aromatic heterocycles. The van der Waals surface area contributed by atoms with E-state index in [-0.39, 0.29) is 11.9 Å². The van der Waals surface area contributed by atoms with E-state index in [1.165, 1.54) is 11.8 Å². The summed E-state index contributed by atoms with van der Waals surface area (Å²) in [5, 5.41) is 11.5. The molecule has 2 saturated heterocycles. The molecule has 1 atom stereocenters. The summed E-state index contributed by atoms with van der Waals surface area (Å²) in [6.45, 7) is 2.64. The monoisotopic (exact) mass is 449 g/mol. The van der Waals surface area contributed by atoms with Crippen molar-refractivity contribution >= 4 is 28.9 Å². The lowest BCUT2D eigenvalue weighted by Gasteiger charge is -2.30. The molecule has 2 aliphatic rings. The summed E-state index contributed by atoms with van der Waals surface area (Å²) in [7, 11) is 1.61. The van der Waals surface area contributed by atoms with Crippen molar-refractivity contribution in [3.63, 3.8) is 0 Å². The van der Waals surface area contributed by atoms with Gasteiger partial charge in [-0.1, -0.05) is 47.2 Å². The summed E-state index contributed by atoms with van der Waals surface area (Å²) >= 11 is 1.41. The zero-order chi connectivity index (χ0) is 22.0. The maximum atomic E-state index is 13.3. The number of rotatable bonds is 6. The van der Waals surface area contributed by atoms with Crippen molar-refractivity contribution < 1.29 is 13.9 Å². The van der Waals surface area contributed by atoms with E-state index in [1.807, 2.05) is 54.6 Å². The van der Waals surface area contributed by atoms with Gasteiger partial charge in [0.25, 0.3) is 0 Å². The van der Waals surface area contributed by atoms with Gasteiger partial charge in [0.15, 0.2) is 5.17 Å². The third kappa shape index (κ3) is 4.01. The van der Waals surface area contributed by atoms with Crippen LogP contribution in [-0.2, 0) is 9.54 Å². The number of nitrogens with one attached hydrogen (secondary N) is 1. The van der Waals surface area contributed by atoms with Crippen molar-refractivity contribution in [3.8, 4) is 17.2 Å². The molecule has 0 spiro atoms. The van der Waals surface area contributed by atoms with Gasteiger partial charge in [-0.25, -0.2) is 0 Å².